The van der Waals surface area contributed by atoms with Gasteiger partial charge in [0, 0.05) is 37.3 Å². The van der Waals surface area contributed by atoms with Crippen molar-refractivity contribution in [1.82, 2.24) is 15.1 Å². The average Bonchev–Trinajstić information content (AvgIpc) is 2.78. The van der Waals surface area contributed by atoms with Crippen molar-refractivity contribution in [3.05, 3.63) is 35.6 Å². The van der Waals surface area contributed by atoms with E-state index in [0.717, 1.165) is 25.2 Å². The van der Waals surface area contributed by atoms with Gasteiger partial charge in [-0.3, -0.25) is 4.90 Å². The van der Waals surface area contributed by atoms with E-state index in [4.69, 9.17) is 0 Å². The van der Waals surface area contributed by atoms with Crippen molar-refractivity contribution in [1.29, 1.82) is 0 Å². The molecule has 20 heavy (non-hydrogen) atoms. The lowest BCUT2D eigenvalue weighted by atomic mass is 10.1. The van der Waals surface area contributed by atoms with E-state index in [1.54, 1.807) is 6.07 Å². The molecule has 1 heterocycles. The van der Waals surface area contributed by atoms with E-state index in [1.807, 2.05) is 19.2 Å². The summed E-state index contributed by atoms with van der Waals surface area (Å²) in [6, 6.07) is 7.69. The van der Waals surface area contributed by atoms with Crippen LogP contribution < -0.4 is 5.32 Å². The maximum absolute atomic E-state index is 13.9. The highest BCUT2D eigenvalue weighted by atomic mass is 19.1. The molecule has 112 valence electrons. The Hall–Kier alpha value is -0.970. The van der Waals surface area contributed by atoms with Crippen molar-refractivity contribution in [2.45, 2.75) is 19.0 Å². The predicted octanol–water partition coefficient (Wildman–Crippen LogP) is 1.97. The quantitative estimate of drug-likeness (QED) is 0.889. The molecule has 0 bridgehead atoms. The number of nitrogens with one attached hydrogen (secondary N) is 1. The minimum atomic E-state index is -0.122. The van der Waals surface area contributed by atoms with Gasteiger partial charge in [0.1, 0.15) is 5.82 Å². The van der Waals surface area contributed by atoms with E-state index in [0.29, 0.717) is 12.0 Å². The smallest absolute Gasteiger partial charge is 0.128 e. The largest absolute Gasteiger partial charge is 0.312 e. The van der Waals surface area contributed by atoms with Crippen molar-refractivity contribution < 1.29 is 4.39 Å². The van der Waals surface area contributed by atoms with Crippen molar-refractivity contribution in [3.8, 4) is 0 Å². The Labute approximate surface area is 121 Å². The third-order valence-corrected chi connectivity index (χ3v) is 4.38. The number of hydrogen-bond donors (Lipinski definition) is 1. The van der Waals surface area contributed by atoms with Gasteiger partial charge in [-0.1, -0.05) is 25.1 Å². The Morgan fingerprint density at radius 2 is 2.05 bits per heavy atom. The van der Waals surface area contributed by atoms with Gasteiger partial charge in [0.05, 0.1) is 0 Å². The molecule has 0 amide bonds. The van der Waals surface area contributed by atoms with Crippen LogP contribution >= 0.6 is 0 Å². The molecule has 1 aromatic rings. The fourth-order valence-corrected chi connectivity index (χ4v) is 3.23. The van der Waals surface area contributed by atoms with Crippen LogP contribution in [0.15, 0.2) is 24.3 Å². The third kappa shape index (κ3) is 3.37. The van der Waals surface area contributed by atoms with Crippen molar-refractivity contribution in [3.63, 3.8) is 0 Å². The van der Waals surface area contributed by atoms with Gasteiger partial charge in [-0.25, -0.2) is 4.39 Å². The molecular weight excluding hydrogens is 253 g/mol. The summed E-state index contributed by atoms with van der Waals surface area (Å²) < 4.78 is 13.9. The minimum absolute atomic E-state index is 0.0457. The summed E-state index contributed by atoms with van der Waals surface area (Å²) in [5.41, 5.74) is 0.760. The number of nitrogens with zero attached hydrogens (tertiary/aromatic N) is 2. The normalized spacial score (nSPS) is 25.3. The first-order chi connectivity index (χ1) is 9.52. The second kappa shape index (κ2) is 6.66. The number of rotatable bonds is 5. The Morgan fingerprint density at radius 1 is 1.35 bits per heavy atom. The van der Waals surface area contributed by atoms with Crippen LogP contribution in [0.3, 0.4) is 0 Å². The van der Waals surface area contributed by atoms with Gasteiger partial charge >= 0.3 is 0 Å². The molecule has 1 N–H and O–H groups in total. The number of likely N-dealkylation sites (tertiary alicyclic amines) is 1. The van der Waals surface area contributed by atoms with Gasteiger partial charge in [0.2, 0.25) is 0 Å². The Kier molecular flexibility index (Phi) is 5.13. The fraction of sp³-hybridized carbons (Fsp3) is 0.625. The number of halogens is 1. The highest BCUT2D eigenvalue weighted by Gasteiger charge is 2.32. The van der Waals surface area contributed by atoms with Crippen LogP contribution in [0, 0.1) is 11.7 Å². The summed E-state index contributed by atoms with van der Waals surface area (Å²) in [5, 5.41) is 3.25. The SMILES string of the molecule is CNC(CN1CC(C)C(N(C)C)C1)c1ccccc1F. The summed E-state index contributed by atoms with van der Waals surface area (Å²) in [4.78, 5) is 4.73. The molecule has 1 aliphatic rings. The van der Waals surface area contributed by atoms with E-state index in [2.05, 4.69) is 36.1 Å². The monoisotopic (exact) mass is 279 g/mol. The number of likely N-dealkylation sites (N-methyl/N-ethyl adjacent to an activating group) is 2. The van der Waals surface area contributed by atoms with Crippen molar-refractivity contribution in [2.75, 3.05) is 40.8 Å². The summed E-state index contributed by atoms with van der Waals surface area (Å²) >= 11 is 0. The standard InChI is InChI=1S/C16H26FN3/c1-12-9-20(11-16(12)19(3)4)10-15(18-2)13-7-5-6-8-14(13)17/h5-8,12,15-16,18H,9-11H2,1-4H3. The number of benzene rings is 1. The lowest BCUT2D eigenvalue weighted by Crippen LogP contribution is -2.36. The zero-order valence-electron chi connectivity index (χ0n) is 12.9. The van der Waals surface area contributed by atoms with Crippen LogP contribution in [0.1, 0.15) is 18.5 Å². The van der Waals surface area contributed by atoms with Crippen molar-refractivity contribution >= 4 is 0 Å². The second-order valence-corrected chi connectivity index (χ2v) is 6.09. The lowest BCUT2D eigenvalue weighted by molar-refractivity contribution is 0.244. The van der Waals surface area contributed by atoms with Gasteiger partial charge in [0.25, 0.3) is 0 Å². The van der Waals surface area contributed by atoms with E-state index in [9.17, 15) is 4.39 Å². The highest BCUT2D eigenvalue weighted by Crippen LogP contribution is 2.24. The molecule has 1 saturated heterocycles. The van der Waals surface area contributed by atoms with Crippen LogP contribution in [0.4, 0.5) is 4.39 Å². The maximum atomic E-state index is 13.9. The van der Waals surface area contributed by atoms with E-state index in [1.165, 1.54) is 6.07 Å². The Balaban J connectivity index is 2.03. The molecule has 0 aromatic heterocycles. The molecule has 4 heteroatoms. The molecule has 1 fully saturated rings. The summed E-state index contributed by atoms with van der Waals surface area (Å²) in [6.45, 7) is 5.28. The summed E-state index contributed by atoms with van der Waals surface area (Å²) in [5.74, 6) is 0.534. The first kappa shape index (κ1) is 15.4. The van der Waals surface area contributed by atoms with Crippen LogP contribution in [0.2, 0.25) is 0 Å². The molecule has 0 saturated carbocycles. The molecule has 3 atom stereocenters. The summed E-state index contributed by atoms with van der Waals surface area (Å²) in [7, 11) is 6.17. The van der Waals surface area contributed by atoms with Gasteiger partial charge in [-0.2, -0.15) is 0 Å². The fourth-order valence-electron chi connectivity index (χ4n) is 3.23. The molecule has 3 nitrogen and oxygen atoms in total. The average molecular weight is 279 g/mol. The highest BCUT2D eigenvalue weighted by molar-refractivity contribution is 5.21. The molecule has 0 aliphatic carbocycles. The molecular formula is C16H26FN3. The maximum Gasteiger partial charge on any atom is 0.128 e. The predicted molar refractivity (Wildman–Crippen MR) is 81.3 cm³/mol. The van der Waals surface area contributed by atoms with Gasteiger partial charge in [0.15, 0.2) is 0 Å². The third-order valence-electron chi connectivity index (χ3n) is 4.38. The van der Waals surface area contributed by atoms with E-state index < -0.39 is 0 Å². The Bertz CT molecular complexity index is 435. The van der Waals surface area contributed by atoms with E-state index in [-0.39, 0.29) is 11.9 Å². The Morgan fingerprint density at radius 3 is 2.60 bits per heavy atom. The minimum Gasteiger partial charge on any atom is -0.312 e. The first-order valence-electron chi connectivity index (χ1n) is 7.33. The molecule has 0 spiro atoms. The van der Waals surface area contributed by atoms with Crippen LogP contribution in [-0.4, -0.2) is 56.6 Å². The van der Waals surface area contributed by atoms with E-state index >= 15 is 0 Å². The van der Waals surface area contributed by atoms with Gasteiger partial charge in [-0.15, -0.1) is 0 Å². The van der Waals surface area contributed by atoms with Crippen LogP contribution in [0.25, 0.3) is 0 Å². The van der Waals surface area contributed by atoms with Crippen LogP contribution in [0.5, 0.6) is 0 Å². The van der Waals surface area contributed by atoms with Gasteiger partial charge in [-0.05, 0) is 33.1 Å². The zero-order valence-corrected chi connectivity index (χ0v) is 12.9. The second-order valence-electron chi connectivity index (χ2n) is 6.09. The topological polar surface area (TPSA) is 18.5 Å². The molecule has 2 rings (SSSR count). The van der Waals surface area contributed by atoms with Crippen molar-refractivity contribution in [2.24, 2.45) is 5.92 Å². The number of hydrogen-bond acceptors (Lipinski definition) is 3. The summed E-state index contributed by atoms with van der Waals surface area (Å²) in [6.07, 6.45) is 0. The zero-order chi connectivity index (χ0) is 14.7. The van der Waals surface area contributed by atoms with Crippen LogP contribution in [-0.2, 0) is 0 Å². The lowest BCUT2D eigenvalue weighted by Gasteiger charge is -2.25. The molecule has 3 unspecified atom stereocenters. The molecule has 1 aromatic carbocycles. The molecule has 0 radical (unpaired) electrons. The van der Waals surface area contributed by atoms with Gasteiger partial charge < -0.3 is 10.2 Å². The first-order valence-corrected chi connectivity index (χ1v) is 7.33. The molecule has 1 aliphatic heterocycles.